The molecule has 186 valence electrons. The second kappa shape index (κ2) is 11.5. The van der Waals surface area contributed by atoms with Gasteiger partial charge in [-0.15, -0.1) is 0 Å². The number of hydrogen-bond donors (Lipinski definition) is 1. The fourth-order valence-corrected chi connectivity index (χ4v) is 4.03. The molecule has 1 aliphatic rings. The van der Waals surface area contributed by atoms with Gasteiger partial charge in [-0.3, -0.25) is 4.68 Å². The fourth-order valence-electron chi connectivity index (χ4n) is 4.03. The summed E-state index contributed by atoms with van der Waals surface area (Å²) in [6.45, 7) is 1.93. The van der Waals surface area contributed by atoms with Crippen LogP contribution < -0.4 is 0 Å². The summed E-state index contributed by atoms with van der Waals surface area (Å²) in [7, 11) is 2.95. The molecule has 1 saturated carbocycles. The molecule has 0 radical (unpaired) electrons. The molecule has 0 bridgehead atoms. The second-order valence-electron chi connectivity index (χ2n) is 9.11. The number of carbonyl (C=O) groups is 1. The van der Waals surface area contributed by atoms with Gasteiger partial charge in [-0.05, 0) is 38.0 Å². The van der Waals surface area contributed by atoms with Gasteiger partial charge in [-0.2, -0.15) is 15.3 Å². The van der Waals surface area contributed by atoms with Gasteiger partial charge in [0.1, 0.15) is 0 Å². The number of amides is 1. The van der Waals surface area contributed by atoms with Crippen molar-refractivity contribution in [1.29, 1.82) is 0 Å². The van der Waals surface area contributed by atoms with E-state index in [4.69, 9.17) is 5.11 Å². The lowest BCUT2D eigenvalue weighted by molar-refractivity contribution is 0.165. The van der Waals surface area contributed by atoms with Crippen molar-refractivity contribution in [3.63, 3.8) is 0 Å². The lowest BCUT2D eigenvalue weighted by Crippen LogP contribution is -2.18. The van der Waals surface area contributed by atoms with E-state index in [9.17, 15) is 4.79 Å². The first-order chi connectivity index (χ1) is 17.4. The maximum atomic E-state index is 9.62. The Morgan fingerprint density at radius 2 is 1.61 bits per heavy atom. The first kappa shape index (κ1) is 25.0. The van der Waals surface area contributed by atoms with Crippen molar-refractivity contribution >= 4 is 6.09 Å². The largest absolute Gasteiger partial charge is 0.465 e. The normalized spacial score (nSPS) is 13.5. The van der Waals surface area contributed by atoms with Crippen molar-refractivity contribution < 1.29 is 9.90 Å². The van der Waals surface area contributed by atoms with E-state index in [1.807, 2.05) is 55.8 Å². The third-order valence-electron chi connectivity index (χ3n) is 6.13. The summed E-state index contributed by atoms with van der Waals surface area (Å²) in [5.74, 6) is 0.695. The van der Waals surface area contributed by atoms with Crippen LogP contribution in [0.25, 0.3) is 33.8 Å². The summed E-state index contributed by atoms with van der Waals surface area (Å²) in [6, 6.07) is 12.6. The molecular weight excluding hydrogens is 454 g/mol. The van der Waals surface area contributed by atoms with Crippen LogP contribution in [0.3, 0.4) is 0 Å². The topological polar surface area (TPSA) is 110 Å². The molecule has 1 aliphatic carbocycles. The van der Waals surface area contributed by atoms with Crippen molar-refractivity contribution in [3.8, 4) is 33.8 Å². The number of carboxylic acid groups (broad SMARTS) is 1. The first-order valence-electron chi connectivity index (χ1n) is 12.1. The first-order valence-corrected chi connectivity index (χ1v) is 12.1. The molecular formula is C27H31N7O2. The van der Waals surface area contributed by atoms with Crippen LogP contribution in [0.2, 0.25) is 0 Å². The van der Waals surface area contributed by atoms with Gasteiger partial charge in [0.15, 0.2) is 5.82 Å². The highest BCUT2D eigenvalue weighted by Crippen LogP contribution is 2.29. The molecule has 5 rings (SSSR count). The summed E-state index contributed by atoms with van der Waals surface area (Å²) < 4.78 is 2.12. The third kappa shape index (κ3) is 6.29. The summed E-state index contributed by atoms with van der Waals surface area (Å²) in [5, 5.41) is 20.9. The smallest absolute Gasteiger partial charge is 0.406 e. The van der Waals surface area contributed by atoms with Crippen LogP contribution in [0.4, 0.5) is 4.79 Å². The van der Waals surface area contributed by atoms with Crippen LogP contribution in [-0.4, -0.2) is 60.1 Å². The average molecular weight is 486 g/mol. The molecule has 9 heteroatoms. The van der Waals surface area contributed by atoms with Gasteiger partial charge in [0.2, 0.25) is 0 Å². The molecule has 1 N–H and O–H groups in total. The predicted molar refractivity (Wildman–Crippen MR) is 138 cm³/mol. The van der Waals surface area contributed by atoms with Crippen LogP contribution in [0.5, 0.6) is 0 Å². The van der Waals surface area contributed by atoms with Gasteiger partial charge >= 0.3 is 6.09 Å². The second-order valence-corrected chi connectivity index (χ2v) is 9.11. The van der Waals surface area contributed by atoms with E-state index in [0.717, 1.165) is 38.5 Å². The zero-order chi connectivity index (χ0) is 25.5. The van der Waals surface area contributed by atoms with E-state index in [1.165, 1.54) is 46.2 Å². The summed E-state index contributed by atoms with van der Waals surface area (Å²) >= 11 is 0. The fraction of sp³-hybridized carbons (Fsp3) is 0.333. The zero-order valence-corrected chi connectivity index (χ0v) is 20.9. The number of aromatic nitrogens is 6. The lowest BCUT2D eigenvalue weighted by atomic mass is 9.96. The van der Waals surface area contributed by atoms with E-state index < -0.39 is 6.09 Å². The van der Waals surface area contributed by atoms with Crippen molar-refractivity contribution in [2.75, 3.05) is 14.1 Å². The minimum atomic E-state index is -0.907. The van der Waals surface area contributed by atoms with Crippen LogP contribution in [0.15, 0.2) is 61.2 Å². The highest BCUT2D eigenvalue weighted by molar-refractivity contribution is 5.68. The van der Waals surface area contributed by atoms with Gasteiger partial charge in [0, 0.05) is 54.9 Å². The maximum absolute atomic E-state index is 9.62. The van der Waals surface area contributed by atoms with Gasteiger partial charge < -0.3 is 10.0 Å². The number of nitrogens with zero attached hydrogens (tertiary/aromatic N) is 7. The van der Waals surface area contributed by atoms with Gasteiger partial charge in [0.05, 0.1) is 23.6 Å². The van der Waals surface area contributed by atoms with Crippen molar-refractivity contribution in [2.24, 2.45) is 0 Å². The molecule has 36 heavy (non-hydrogen) atoms. The molecule has 0 unspecified atom stereocenters. The summed E-state index contributed by atoms with van der Waals surface area (Å²) in [5.41, 5.74) is 5.76. The van der Waals surface area contributed by atoms with E-state index >= 15 is 0 Å². The average Bonchev–Trinajstić information content (AvgIpc) is 3.41. The van der Waals surface area contributed by atoms with Crippen LogP contribution in [0, 0.1) is 6.92 Å². The predicted octanol–water partition coefficient (Wildman–Crippen LogP) is 5.50. The Hall–Kier alpha value is -4.14. The van der Waals surface area contributed by atoms with Crippen molar-refractivity contribution in [3.05, 3.63) is 66.9 Å². The zero-order valence-electron chi connectivity index (χ0n) is 20.9. The molecule has 1 amide bonds. The Kier molecular flexibility index (Phi) is 7.99. The van der Waals surface area contributed by atoms with Crippen molar-refractivity contribution in [2.45, 2.75) is 45.1 Å². The highest BCUT2D eigenvalue weighted by atomic mass is 16.4. The minimum Gasteiger partial charge on any atom is -0.465 e. The van der Waals surface area contributed by atoms with Gasteiger partial charge in [0.25, 0.3) is 0 Å². The Labute approximate surface area is 210 Å². The molecule has 0 spiro atoms. The summed E-state index contributed by atoms with van der Waals surface area (Å²) in [4.78, 5) is 19.9. The molecule has 3 heterocycles. The van der Waals surface area contributed by atoms with E-state index in [0.29, 0.717) is 11.9 Å². The highest BCUT2D eigenvalue weighted by Gasteiger charge is 2.16. The maximum Gasteiger partial charge on any atom is 0.406 e. The number of hydrogen-bond acceptors (Lipinski definition) is 6. The molecule has 3 aromatic heterocycles. The molecule has 1 fully saturated rings. The molecule has 0 saturated heterocycles. The van der Waals surface area contributed by atoms with E-state index in [1.54, 1.807) is 0 Å². The number of benzene rings is 1. The van der Waals surface area contributed by atoms with Crippen LogP contribution >= 0.6 is 0 Å². The molecule has 9 nitrogen and oxygen atoms in total. The minimum absolute atomic E-state index is 0.528. The SMILES string of the molecule is CN(C)C(=O)O.Cc1ccc(-c2cccc(-c3ncc(-c4cnn(C5CCCCC5)c4)cn3)c2)nn1. The Balaban J connectivity index is 0.000000455. The quantitative estimate of drug-likeness (QED) is 0.406. The summed E-state index contributed by atoms with van der Waals surface area (Å²) in [6.07, 6.45) is 13.3. The Morgan fingerprint density at radius 1 is 0.917 bits per heavy atom. The molecule has 1 aromatic carbocycles. The number of aryl methyl sites for hydroxylation is 1. The number of rotatable bonds is 4. The van der Waals surface area contributed by atoms with Crippen molar-refractivity contribution in [1.82, 2.24) is 34.8 Å². The molecule has 0 atom stereocenters. The Morgan fingerprint density at radius 3 is 2.25 bits per heavy atom. The Bertz CT molecular complexity index is 1280. The van der Waals surface area contributed by atoms with Gasteiger partial charge in [-0.1, -0.05) is 37.5 Å². The monoisotopic (exact) mass is 485 g/mol. The van der Waals surface area contributed by atoms with Gasteiger partial charge in [-0.25, -0.2) is 14.8 Å². The third-order valence-corrected chi connectivity index (χ3v) is 6.13. The standard InChI is InChI=1S/C24H24N6.C3H7NO2/c1-17-10-11-23(29-28-17)18-6-5-7-19(12-18)24-25-13-20(14-26-24)21-15-27-30(16-21)22-8-3-2-4-9-22;1-4(2)3(5)6/h5-7,10-16,22H,2-4,8-9H2,1H3;1-2H3,(H,5,6). The lowest BCUT2D eigenvalue weighted by Gasteiger charge is -2.21. The van der Waals surface area contributed by atoms with E-state index in [-0.39, 0.29) is 0 Å². The van der Waals surface area contributed by atoms with E-state index in [2.05, 4.69) is 42.2 Å². The molecule has 4 aromatic rings. The van der Waals surface area contributed by atoms with Crippen LogP contribution in [0.1, 0.15) is 43.8 Å². The molecule has 0 aliphatic heterocycles. The van der Waals surface area contributed by atoms with Crippen LogP contribution in [-0.2, 0) is 0 Å².